The molecule has 2 unspecified atom stereocenters. The minimum atomic E-state index is -1.28. The van der Waals surface area contributed by atoms with Crippen molar-refractivity contribution in [2.75, 3.05) is 7.11 Å². The van der Waals surface area contributed by atoms with E-state index in [1.165, 1.54) is 21.0 Å². The van der Waals surface area contributed by atoms with Crippen molar-refractivity contribution in [3.05, 3.63) is 29.8 Å². The number of hydrogen-bond acceptors (Lipinski definition) is 3. The van der Waals surface area contributed by atoms with Crippen molar-refractivity contribution < 1.29 is 24.5 Å². The smallest absolute Gasteiger partial charge is 0.311 e. The van der Waals surface area contributed by atoms with Crippen LogP contribution in [0.4, 0.5) is 0 Å². The minimum Gasteiger partial charge on any atom is -0.497 e. The van der Waals surface area contributed by atoms with Crippen LogP contribution >= 0.6 is 0 Å². The standard InChI is InChI=1S/C14H16O5/c1-13(11(15)16)10(14(13,2)12(17)18)8-4-6-9(19-3)7-5-8/h4-7,10H,1-3H3,(H,15,16)(H,17,18). The Labute approximate surface area is 110 Å². The summed E-state index contributed by atoms with van der Waals surface area (Å²) in [6.07, 6.45) is 0. The molecule has 1 aromatic rings. The minimum absolute atomic E-state index is 0.541. The molecule has 5 heteroatoms. The maximum absolute atomic E-state index is 11.4. The fraction of sp³-hybridized carbons (Fsp3) is 0.429. The van der Waals surface area contributed by atoms with Crippen LogP contribution in [0.2, 0.25) is 0 Å². The van der Waals surface area contributed by atoms with E-state index in [1.54, 1.807) is 24.3 Å². The van der Waals surface area contributed by atoms with Gasteiger partial charge in [0.1, 0.15) is 5.75 Å². The summed E-state index contributed by atoms with van der Waals surface area (Å²) >= 11 is 0. The van der Waals surface area contributed by atoms with Crippen molar-refractivity contribution >= 4 is 11.9 Å². The zero-order chi connectivity index (χ0) is 14.4. The Bertz CT molecular complexity index is 509. The van der Waals surface area contributed by atoms with Crippen molar-refractivity contribution in [1.29, 1.82) is 0 Å². The van der Waals surface area contributed by atoms with E-state index in [4.69, 9.17) is 4.74 Å². The Kier molecular flexibility index (Phi) is 2.81. The third-order valence-electron chi connectivity index (χ3n) is 4.49. The first kappa shape index (κ1) is 13.4. The second-order valence-corrected chi connectivity index (χ2v) is 5.22. The van der Waals surface area contributed by atoms with Gasteiger partial charge in [-0.3, -0.25) is 9.59 Å². The number of aliphatic carboxylic acids is 2. The molecule has 2 N–H and O–H groups in total. The van der Waals surface area contributed by atoms with Crippen molar-refractivity contribution in [3.8, 4) is 5.75 Å². The maximum Gasteiger partial charge on any atom is 0.311 e. The van der Waals surface area contributed by atoms with Crippen LogP contribution in [0.5, 0.6) is 5.75 Å². The third kappa shape index (κ3) is 1.54. The maximum atomic E-state index is 11.4. The Hall–Kier alpha value is -2.04. The third-order valence-corrected chi connectivity index (χ3v) is 4.49. The second-order valence-electron chi connectivity index (χ2n) is 5.22. The monoisotopic (exact) mass is 264 g/mol. The van der Waals surface area contributed by atoms with Gasteiger partial charge >= 0.3 is 11.9 Å². The van der Waals surface area contributed by atoms with Gasteiger partial charge in [0.05, 0.1) is 17.9 Å². The number of rotatable bonds is 4. The summed E-state index contributed by atoms with van der Waals surface area (Å²) in [7, 11) is 1.54. The molecule has 102 valence electrons. The number of carboxylic acids is 2. The molecule has 1 aliphatic rings. The van der Waals surface area contributed by atoms with Crippen molar-refractivity contribution in [1.82, 2.24) is 0 Å². The second kappa shape index (κ2) is 3.98. The zero-order valence-corrected chi connectivity index (χ0v) is 11.0. The van der Waals surface area contributed by atoms with E-state index < -0.39 is 28.7 Å². The SMILES string of the molecule is COc1ccc(C2C(C)(C(=O)O)C2(C)C(=O)O)cc1. The van der Waals surface area contributed by atoms with Gasteiger partial charge in [0.25, 0.3) is 0 Å². The average molecular weight is 264 g/mol. The van der Waals surface area contributed by atoms with Crippen LogP contribution in [0, 0.1) is 10.8 Å². The first-order chi connectivity index (χ1) is 8.80. The highest BCUT2D eigenvalue weighted by atomic mass is 16.5. The van der Waals surface area contributed by atoms with Crippen LogP contribution in [-0.4, -0.2) is 29.3 Å². The van der Waals surface area contributed by atoms with E-state index in [1.807, 2.05) is 0 Å². The lowest BCUT2D eigenvalue weighted by Crippen LogP contribution is -2.24. The van der Waals surface area contributed by atoms with Gasteiger partial charge in [-0.2, -0.15) is 0 Å². The van der Waals surface area contributed by atoms with Gasteiger partial charge in [0, 0.05) is 5.92 Å². The molecule has 0 amide bonds. The van der Waals surface area contributed by atoms with Gasteiger partial charge in [0.2, 0.25) is 0 Å². The van der Waals surface area contributed by atoms with Gasteiger partial charge in [0.15, 0.2) is 0 Å². The fourth-order valence-corrected chi connectivity index (χ4v) is 2.95. The summed E-state index contributed by atoms with van der Waals surface area (Å²) in [5, 5.41) is 18.7. The molecule has 1 fully saturated rings. The molecule has 0 heterocycles. The Balaban J connectivity index is 2.44. The summed E-state index contributed by atoms with van der Waals surface area (Å²) in [5.41, 5.74) is -1.86. The van der Waals surface area contributed by atoms with E-state index in [0.29, 0.717) is 11.3 Å². The number of carbonyl (C=O) groups is 2. The lowest BCUT2D eigenvalue weighted by molar-refractivity contribution is -0.152. The average Bonchev–Trinajstić information content (AvgIpc) is 2.90. The molecule has 1 aliphatic carbocycles. The van der Waals surface area contributed by atoms with Crippen LogP contribution < -0.4 is 4.74 Å². The largest absolute Gasteiger partial charge is 0.497 e. The predicted molar refractivity (Wildman–Crippen MR) is 67.2 cm³/mol. The molecule has 0 aromatic heterocycles. The van der Waals surface area contributed by atoms with E-state index in [2.05, 4.69) is 0 Å². The lowest BCUT2D eigenvalue weighted by atomic mass is 9.97. The Morgan fingerprint density at radius 2 is 1.47 bits per heavy atom. The summed E-state index contributed by atoms with van der Waals surface area (Å²) in [6.45, 7) is 2.97. The normalized spacial score (nSPS) is 32.7. The van der Waals surface area contributed by atoms with Crippen LogP contribution in [-0.2, 0) is 9.59 Å². The summed E-state index contributed by atoms with van der Waals surface area (Å²) in [5.74, 6) is -2.06. The molecule has 2 atom stereocenters. The quantitative estimate of drug-likeness (QED) is 0.868. The van der Waals surface area contributed by atoms with Gasteiger partial charge in [-0.05, 0) is 31.5 Å². The summed E-state index contributed by atoms with van der Waals surface area (Å²) in [6, 6.07) is 6.86. The number of benzene rings is 1. The van der Waals surface area contributed by atoms with E-state index in [-0.39, 0.29) is 0 Å². The van der Waals surface area contributed by atoms with E-state index in [0.717, 1.165) is 0 Å². The van der Waals surface area contributed by atoms with Crippen molar-refractivity contribution in [2.24, 2.45) is 10.8 Å². The van der Waals surface area contributed by atoms with Crippen molar-refractivity contribution in [3.63, 3.8) is 0 Å². The van der Waals surface area contributed by atoms with Crippen LogP contribution in [0.3, 0.4) is 0 Å². The Morgan fingerprint density at radius 1 is 1.05 bits per heavy atom. The zero-order valence-electron chi connectivity index (χ0n) is 11.0. The van der Waals surface area contributed by atoms with Crippen LogP contribution in [0.1, 0.15) is 25.3 Å². The molecule has 1 aromatic carbocycles. The number of methoxy groups -OCH3 is 1. The van der Waals surface area contributed by atoms with Gasteiger partial charge in [-0.1, -0.05) is 12.1 Å². The van der Waals surface area contributed by atoms with Crippen LogP contribution in [0.25, 0.3) is 0 Å². The highest BCUT2D eigenvalue weighted by molar-refractivity contribution is 5.95. The van der Waals surface area contributed by atoms with E-state index in [9.17, 15) is 19.8 Å². The molecule has 2 rings (SSSR count). The molecule has 0 bridgehead atoms. The van der Waals surface area contributed by atoms with E-state index >= 15 is 0 Å². The molecular weight excluding hydrogens is 248 g/mol. The fourth-order valence-electron chi connectivity index (χ4n) is 2.95. The first-order valence-corrected chi connectivity index (χ1v) is 5.91. The Morgan fingerprint density at radius 3 is 1.79 bits per heavy atom. The molecule has 19 heavy (non-hydrogen) atoms. The number of ether oxygens (including phenoxy) is 1. The van der Waals surface area contributed by atoms with Gasteiger partial charge in [-0.25, -0.2) is 0 Å². The molecule has 0 spiro atoms. The highest BCUT2D eigenvalue weighted by Crippen LogP contribution is 2.74. The first-order valence-electron chi connectivity index (χ1n) is 5.91. The van der Waals surface area contributed by atoms with Gasteiger partial charge < -0.3 is 14.9 Å². The van der Waals surface area contributed by atoms with Crippen LogP contribution in [0.15, 0.2) is 24.3 Å². The molecular formula is C14H16O5. The lowest BCUT2D eigenvalue weighted by Gasteiger charge is -2.08. The summed E-state index contributed by atoms with van der Waals surface area (Å²) in [4.78, 5) is 22.8. The summed E-state index contributed by atoms with van der Waals surface area (Å²) < 4.78 is 5.04. The topological polar surface area (TPSA) is 83.8 Å². The number of carboxylic acid groups (broad SMARTS) is 2. The molecule has 0 saturated heterocycles. The molecule has 1 saturated carbocycles. The predicted octanol–water partition coefficient (Wildman–Crippen LogP) is 1.97. The van der Waals surface area contributed by atoms with Gasteiger partial charge in [-0.15, -0.1) is 0 Å². The molecule has 5 nitrogen and oxygen atoms in total. The highest BCUT2D eigenvalue weighted by Gasteiger charge is 2.80. The number of hydrogen-bond donors (Lipinski definition) is 2. The van der Waals surface area contributed by atoms with Crippen molar-refractivity contribution in [2.45, 2.75) is 19.8 Å². The molecule has 0 radical (unpaired) electrons. The molecule has 0 aliphatic heterocycles.